The van der Waals surface area contributed by atoms with E-state index in [2.05, 4.69) is 0 Å². The van der Waals surface area contributed by atoms with Gasteiger partial charge in [-0.25, -0.2) is 12.8 Å². The highest BCUT2D eigenvalue weighted by Gasteiger charge is 2.37. The molecule has 3 aromatic rings. The molecule has 0 N–H and O–H groups in total. The van der Waals surface area contributed by atoms with Gasteiger partial charge >= 0.3 is 0 Å². The number of hydrogen-bond donors (Lipinski definition) is 0. The van der Waals surface area contributed by atoms with Crippen LogP contribution < -0.4 is 0 Å². The summed E-state index contributed by atoms with van der Waals surface area (Å²) >= 11 is 6.00. The molecule has 1 aliphatic rings. The van der Waals surface area contributed by atoms with Gasteiger partial charge in [0.25, 0.3) is 0 Å². The summed E-state index contributed by atoms with van der Waals surface area (Å²) in [7, 11) is -3.77. The molecule has 0 saturated carbocycles. The second-order valence-electron chi connectivity index (χ2n) is 6.15. The fraction of sp³-hybridized carbons (Fsp3) is 0.158. The lowest BCUT2D eigenvalue weighted by Gasteiger charge is -2.36. The van der Waals surface area contributed by atoms with Crippen molar-refractivity contribution in [1.82, 2.24) is 8.87 Å². The maximum Gasteiger partial charge on any atom is 0.244 e. The summed E-state index contributed by atoms with van der Waals surface area (Å²) in [5.74, 6) is -0.357. The molecule has 1 aliphatic heterocycles. The summed E-state index contributed by atoms with van der Waals surface area (Å²) in [6.07, 6.45) is 1.93. The van der Waals surface area contributed by atoms with Crippen molar-refractivity contribution in [3.63, 3.8) is 0 Å². The van der Waals surface area contributed by atoms with Gasteiger partial charge < -0.3 is 4.57 Å². The van der Waals surface area contributed by atoms with Crippen molar-refractivity contribution >= 4 is 21.6 Å². The van der Waals surface area contributed by atoms with E-state index in [4.69, 9.17) is 11.6 Å². The van der Waals surface area contributed by atoms with Crippen LogP contribution in [0.15, 0.2) is 71.8 Å². The Morgan fingerprint density at radius 3 is 2.50 bits per heavy atom. The molecule has 134 valence electrons. The van der Waals surface area contributed by atoms with Crippen LogP contribution in [0.5, 0.6) is 0 Å². The maximum absolute atomic E-state index is 13.4. The molecule has 26 heavy (non-hydrogen) atoms. The first kappa shape index (κ1) is 17.3. The number of halogens is 2. The predicted octanol–water partition coefficient (Wildman–Crippen LogP) is 4.07. The molecule has 0 amide bonds. The summed E-state index contributed by atoms with van der Waals surface area (Å²) in [5.41, 5.74) is 1.57. The summed E-state index contributed by atoms with van der Waals surface area (Å²) in [5, 5.41) is 0.366. The lowest BCUT2D eigenvalue weighted by atomic mass is 10.0. The quantitative estimate of drug-likeness (QED) is 0.676. The molecule has 1 aromatic heterocycles. The van der Waals surface area contributed by atoms with Crippen LogP contribution in [0.1, 0.15) is 17.3 Å². The number of sulfonamides is 1. The van der Waals surface area contributed by atoms with Crippen LogP contribution in [0.2, 0.25) is 5.02 Å². The first-order valence-corrected chi connectivity index (χ1v) is 9.96. The van der Waals surface area contributed by atoms with Crippen molar-refractivity contribution < 1.29 is 12.8 Å². The number of hydrogen-bond acceptors (Lipinski definition) is 2. The summed E-state index contributed by atoms with van der Waals surface area (Å²) in [6.45, 7) is 0.873. The third-order valence-corrected chi connectivity index (χ3v) is 6.68. The van der Waals surface area contributed by atoms with Crippen LogP contribution in [0.25, 0.3) is 0 Å². The Hall–Kier alpha value is -2.15. The lowest BCUT2D eigenvalue weighted by Crippen LogP contribution is -2.42. The zero-order valence-electron chi connectivity index (χ0n) is 13.7. The normalized spacial score (nSPS) is 17.8. The van der Waals surface area contributed by atoms with Crippen molar-refractivity contribution in [2.75, 3.05) is 6.54 Å². The van der Waals surface area contributed by atoms with Crippen molar-refractivity contribution in [3.05, 3.63) is 89.0 Å². The van der Waals surface area contributed by atoms with E-state index in [9.17, 15) is 12.8 Å². The van der Waals surface area contributed by atoms with E-state index >= 15 is 0 Å². The highest BCUT2D eigenvalue weighted by atomic mass is 35.5. The molecular formula is C19H16ClFN2O2S. The van der Waals surface area contributed by atoms with Gasteiger partial charge in [0.05, 0.1) is 10.9 Å². The highest BCUT2D eigenvalue weighted by Crippen LogP contribution is 2.36. The van der Waals surface area contributed by atoms with Gasteiger partial charge in [-0.2, -0.15) is 4.31 Å². The molecule has 2 aromatic carbocycles. The van der Waals surface area contributed by atoms with Crippen LogP contribution in [0.4, 0.5) is 4.39 Å². The Morgan fingerprint density at radius 2 is 1.77 bits per heavy atom. The molecule has 4 rings (SSSR count). The largest absolute Gasteiger partial charge is 0.348 e. The molecule has 0 saturated heterocycles. The summed E-state index contributed by atoms with van der Waals surface area (Å²) < 4.78 is 43.5. The topological polar surface area (TPSA) is 42.3 Å². The van der Waals surface area contributed by atoms with Crippen molar-refractivity contribution in [1.29, 1.82) is 0 Å². The smallest absolute Gasteiger partial charge is 0.244 e. The highest BCUT2D eigenvalue weighted by molar-refractivity contribution is 7.89. The van der Waals surface area contributed by atoms with Gasteiger partial charge in [0.1, 0.15) is 5.82 Å². The molecule has 0 radical (unpaired) electrons. The molecule has 4 nitrogen and oxygen atoms in total. The van der Waals surface area contributed by atoms with Crippen LogP contribution in [-0.2, 0) is 16.6 Å². The van der Waals surface area contributed by atoms with Gasteiger partial charge in [-0.1, -0.05) is 29.8 Å². The standard InChI is InChI=1S/C19H16ClFN2O2S/c20-15-3-1-4-17(13-15)26(24,25)23-12-11-22-10-2-5-18(22)19(23)14-6-8-16(21)9-7-14/h1-10,13,19H,11-12H2/t19-/m0/s1. The monoisotopic (exact) mass is 390 g/mol. The lowest BCUT2D eigenvalue weighted by molar-refractivity contribution is 0.298. The molecule has 0 unspecified atom stereocenters. The minimum absolute atomic E-state index is 0.150. The Labute approximate surface area is 156 Å². The average Bonchev–Trinajstić information content (AvgIpc) is 3.10. The van der Waals surface area contributed by atoms with Crippen LogP contribution in [0.3, 0.4) is 0 Å². The van der Waals surface area contributed by atoms with Gasteiger partial charge in [0, 0.05) is 30.0 Å². The van der Waals surface area contributed by atoms with E-state index in [1.165, 1.54) is 28.6 Å². The third kappa shape index (κ3) is 2.94. The average molecular weight is 391 g/mol. The minimum atomic E-state index is -3.77. The fourth-order valence-electron chi connectivity index (χ4n) is 3.37. The molecule has 7 heteroatoms. The Kier molecular flexibility index (Phi) is 4.34. The van der Waals surface area contributed by atoms with E-state index in [1.807, 2.05) is 22.9 Å². The molecule has 0 bridgehead atoms. The maximum atomic E-state index is 13.4. The van der Waals surface area contributed by atoms with Crippen LogP contribution in [0, 0.1) is 5.82 Å². The Bertz CT molecular complexity index is 1050. The molecule has 0 fully saturated rings. The van der Waals surface area contributed by atoms with Crippen molar-refractivity contribution in [2.24, 2.45) is 0 Å². The molecule has 1 atom stereocenters. The summed E-state index contributed by atoms with van der Waals surface area (Å²) in [6, 6.07) is 15.5. The third-order valence-electron chi connectivity index (χ3n) is 4.58. The van der Waals surface area contributed by atoms with E-state index < -0.39 is 16.1 Å². The number of aromatic nitrogens is 1. The number of nitrogens with zero attached hydrogens (tertiary/aromatic N) is 2. The number of benzene rings is 2. The van der Waals surface area contributed by atoms with Crippen molar-refractivity contribution in [3.8, 4) is 0 Å². The van der Waals surface area contributed by atoms with Gasteiger partial charge in [-0.05, 0) is 48.0 Å². The van der Waals surface area contributed by atoms with Gasteiger partial charge in [-0.15, -0.1) is 0 Å². The van der Waals surface area contributed by atoms with Gasteiger partial charge in [-0.3, -0.25) is 0 Å². The van der Waals surface area contributed by atoms with Crippen LogP contribution in [-0.4, -0.2) is 23.8 Å². The van der Waals surface area contributed by atoms with E-state index in [0.29, 0.717) is 18.1 Å². The predicted molar refractivity (Wildman–Crippen MR) is 98.0 cm³/mol. The first-order chi connectivity index (χ1) is 12.5. The fourth-order valence-corrected chi connectivity index (χ4v) is 5.25. The summed E-state index contributed by atoms with van der Waals surface area (Å²) in [4.78, 5) is 0.150. The molecule has 2 heterocycles. The van der Waals surface area contributed by atoms with E-state index in [1.54, 1.807) is 24.3 Å². The first-order valence-electron chi connectivity index (χ1n) is 8.15. The Balaban J connectivity index is 1.85. The zero-order chi connectivity index (χ0) is 18.3. The Morgan fingerprint density at radius 1 is 1.00 bits per heavy atom. The second-order valence-corrected chi connectivity index (χ2v) is 8.48. The SMILES string of the molecule is O=S(=O)(c1cccc(Cl)c1)N1CCn2cccc2[C@@H]1c1ccc(F)cc1. The van der Waals surface area contributed by atoms with Gasteiger partial charge in [0.2, 0.25) is 10.0 Å². The van der Waals surface area contributed by atoms with Crippen molar-refractivity contribution in [2.45, 2.75) is 17.5 Å². The van der Waals surface area contributed by atoms with Crippen LogP contribution >= 0.6 is 11.6 Å². The molecular weight excluding hydrogens is 375 g/mol. The molecule has 0 spiro atoms. The van der Waals surface area contributed by atoms with Gasteiger partial charge in [0.15, 0.2) is 0 Å². The second kappa shape index (κ2) is 6.54. The minimum Gasteiger partial charge on any atom is -0.348 e. The number of fused-ring (bicyclic) bond motifs is 1. The zero-order valence-corrected chi connectivity index (χ0v) is 15.3. The van der Waals surface area contributed by atoms with E-state index in [-0.39, 0.29) is 10.7 Å². The van der Waals surface area contributed by atoms with E-state index in [0.717, 1.165) is 11.3 Å². The molecule has 0 aliphatic carbocycles. The number of rotatable bonds is 3.